The molecule has 0 saturated heterocycles. The van der Waals surface area contributed by atoms with Crippen LogP contribution >= 0.6 is 0 Å². The van der Waals surface area contributed by atoms with Gasteiger partial charge in [-0.25, -0.2) is 9.59 Å². The number of nitrogens with zero attached hydrogens (tertiary/aromatic N) is 1. The highest BCUT2D eigenvalue weighted by Gasteiger charge is 2.32. The van der Waals surface area contributed by atoms with Crippen molar-refractivity contribution >= 4 is 12.0 Å². The Morgan fingerprint density at radius 2 is 1.68 bits per heavy atom. The first-order valence-corrected chi connectivity index (χ1v) is 6.99. The maximum absolute atomic E-state index is 12.1. The Morgan fingerprint density at radius 1 is 1.16 bits per heavy atom. The van der Waals surface area contributed by atoms with Crippen LogP contribution < -0.4 is 5.32 Å². The van der Waals surface area contributed by atoms with E-state index in [0.29, 0.717) is 11.8 Å². The lowest BCUT2D eigenvalue weighted by molar-refractivity contribution is -0.139. The maximum Gasteiger partial charge on any atom is 0.326 e. The van der Waals surface area contributed by atoms with Crippen molar-refractivity contribution < 1.29 is 19.8 Å². The molecule has 2 saturated carbocycles. The summed E-state index contributed by atoms with van der Waals surface area (Å²) in [4.78, 5) is 24.9. The molecule has 3 N–H and O–H groups in total. The van der Waals surface area contributed by atoms with Crippen LogP contribution in [0.25, 0.3) is 0 Å². The highest BCUT2D eigenvalue weighted by Crippen LogP contribution is 2.33. The number of amides is 2. The number of carboxylic acid groups (broad SMARTS) is 1. The minimum Gasteiger partial charge on any atom is -0.480 e. The highest BCUT2D eigenvalue weighted by molar-refractivity contribution is 5.82. The van der Waals surface area contributed by atoms with Crippen LogP contribution in [0.1, 0.15) is 32.1 Å². The summed E-state index contributed by atoms with van der Waals surface area (Å²) in [7, 11) is 0. The van der Waals surface area contributed by atoms with Gasteiger partial charge in [-0.05, 0) is 37.5 Å². The maximum atomic E-state index is 12.1. The summed E-state index contributed by atoms with van der Waals surface area (Å²) in [6.07, 6.45) is 4.68. The van der Waals surface area contributed by atoms with Crippen molar-refractivity contribution in [1.29, 1.82) is 0 Å². The summed E-state index contributed by atoms with van der Waals surface area (Å²) in [6.45, 7) is 1.21. The van der Waals surface area contributed by atoms with E-state index in [-0.39, 0.29) is 19.1 Å². The van der Waals surface area contributed by atoms with Gasteiger partial charge in [0, 0.05) is 26.1 Å². The highest BCUT2D eigenvalue weighted by atomic mass is 16.4. The van der Waals surface area contributed by atoms with Crippen molar-refractivity contribution in [3.05, 3.63) is 0 Å². The zero-order valence-corrected chi connectivity index (χ0v) is 11.0. The van der Waals surface area contributed by atoms with Gasteiger partial charge in [-0.3, -0.25) is 0 Å². The molecule has 2 aliphatic rings. The number of carbonyl (C=O) groups is 2. The Labute approximate surface area is 112 Å². The molecule has 6 heteroatoms. The fourth-order valence-electron chi connectivity index (χ4n) is 2.09. The molecular formula is C13H22N2O4. The van der Waals surface area contributed by atoms with Crippen molar-refractivity contribution in [2.75, 3.05) is 19.7 Å². The van der Waals surface area contributed by atoms with E-state index >= 15 is 0 Å². The Kier molecular flexibility index (Phi) is 4.63. The van der Waals surface area contributed by atoms with Gasteiger partial charge in [-0.2, -0.15) is 0 Å². The Morgan fingerprint density at radius 3 is 2.05 bits per heavy atom. The van der Waals surface area contributed by atoms with Gasteiger partial charge in [0.1, 0.15) is 6.04 Å². The first-order valence-electron chi connectivity index (χ1n) is 6.99. The molecule has 0 heterocycles. The smallest absolute Gasteiger partial charge is 0.326 e. The standard InChI is InChI=1S/C13H22N2O4/c16-6-5-11(12(17)18)14-13(19)15(7-9-1-2-9)8-10-3-4-10/h9-11,16H,1-8H2,(H,14,19)(H,17,18). The Balaban J connectivity index is 1.86. The Hall–Kier alpha value is -1.30. The SMILES string of the molecule is O=C(O)C(CCO)NC(=O)N(CC1CC1)CC1CC1. The third-order valence-corrected chi connectivity index (χ3v) is 3.65. The number of aliphatic carboxylic acids is 1. The molecule has 1 atom stereocenters. The molecule has 0 bridgehead atoms. The van der Waals surface area contributed by atoms with E-state index in [4.69, 9.17) is 10.2 Å². The van der Waals surface area contributed by atoms with Crippen molar-refractivity contribution in [2.24, 2.45) is 11.8 Å². The second-order valence-electron chi connectivity index (χ2n) is 5.64. The molecule has 108 valence electrons. The van der Waals surface area contributed by atoms with Gasteiger partial charge in [0.25, 0.3) is 0 Å². The minimum absolute atomic E-state index is 0.0434. The first-order chi connectivity index (χ1) is 9.10. The molecular weight excluding hydrogens is 248 g/mol. The normalized spacial score (nSPS) is 19.8. The molecule has 0 aromatic rings. The second kappa shape index (κ2) is 6.23. The number of rotatable bonds is 8. The lowest BCUT2D eigenvalue weighted by Gasteiger charge is -2.25. The van der Waals surface area contributed by atoms with Gasteiger partial charge in [-0.1, -0.05) is 0 Å². The number of nitrogens with one attached hydrogen (secondary N) is 1. The molecule has 0 aromatic heterocycles. The van der Waals surface area contributed by atoms with Gasteiger partial charge in [0.2, 0.25) is 0 Å². The summed E-state index contributed by atoms with van der Waals surface area (Å²) in [6, 6.07) is -1.31. The van der Waals surface area contributed by atoms with Gasteiger partial charge in [0.15, 0.2) is 0 Å². The number of urea groups is 1. The van der Waals surface area contributed by atoms with Gasteiger partial charge >= 0.3 is 12.0 Å². The van der Waals surface area contributed by atoms with E-state index in [0.717, 1.165) is 38.8 Å². The first kappa shape index (κ1) is 14.1. The lowest BCUT2D eigenvalue weighted by atomic mass is 10.2. The van der Waals surface area contributed by atoms with Crippen LogP contribution in [0.5, 0.6) is 0 Å². The van der Waals surface area contributed by atoms with Gasteiger partial charge in [0.05, 0.1) is 0 Å². The van der Waals surface area contributed by atoms with E-state index in [1.165, 1.54) is 0 Å². The third kappa shape index (κ3) is 4.70. The average Bonchev–Trinajstić information content (AvgIpc) is 3.22. The van der Waals surface area contributed by atoms with E-state index < -0.39 is 12.0 Å². The molecule has 0 spiro atoms. The minimum atomic E-state index is -1.10. The number of hydrogen-bond acceptors (Lipinski definition) is 3. The predicted octanol–water partition coefficient (Wildman–Crippen LogP) is 0.654. The number of carbonyl (C=O) groups excluding carboxylic acids is 1. The van der Waals surface area contributed by atoms with Crippen LogP contribution in [0.3, 0.4) is 0 Å². The quantitative estimate of drug-likeness (QED) is 0.604. The molecule has 0 aliphatic heterocycles. The molecule has 0 radical (unpaired) electrons. The van der Waals surface area contributed by atoms with Crippen LogP contribution in [-0.2, 0) is 4.79 Å². The van der Waals surface area contributed by atoms with Gasteiger partial charge in [-0.15, -0.1) is 0 Å². The summed E-state index contributed by atoms with van der Waals surface area (Å²) < 4.78 is 0. The zero-order chi connectivity index (χ0) is 13.8. The predicted molar refractivity (Wildman–Crippen MR) is 68.7 cm³/mol. The number of hydrogen-bond donors (Lipinski definition) is 3. The molecule has 0 aromatic carbocycles. The topological polar surface area (TPSA) is 89.9 Å². The summed E-state index contributed by atoms with van der Waals surface area (Å²) in [5.74, 6) is 0.0800. The van der Waals surface area contributed by atoms with Crippen molar-refractivity contribution in [3.8, 4) is 0 Å². The third-order valence-electron chi connectivity index (χ3n) is 3.65. The molecule has 2 rings (SSSR count). The van der Waals surface area contributed by atoms with Crippen molar-refractivity contribution in [3.63, 3.8) is 0 Å². The van der Waals surface area contributed by atoms with Crippen LogP contribution in [-0.4, -0.2) is 52.9 Å². The summed E-state index contributed by atoms with van der Waals surface area (Å²) in [5.41, 5.74) is 0. The largest absolute Gasteiger partial charge is 0.480 e. The molecule has 19 heavy (non-hydrogen) atoms. The van der Waals surface area contributed by atoms with E-state index in [1.807, 2.05) is 0 Å². The second-order valence-corrected chi connectivity index (χ2v) is 5.64. The molecule has 6 nitrogen and oxygen atoms in total. The van der Waals surface area contributed by atoms with Crippen molar-refractivity contribution in [1.82, 2.24) is 10.2 Å². The number of carboxylic acids is 1. The fourth-order valence-corrected chi connectivity index (χ4v) is 2.09. The molecule has 2 amide bonds. The summed E-state index contributed by atoms with van der Waals surface area (Å²) >= 11 is 0. The van der Waals surface area contributed by atoms with Crippen LogP contribution in [0.2, 0.25) is 0 Å². The number of aliphatic hydroxyl groups excluding tert-OH is 1. The number of aliphatic hydroxyl groups is 1. The van der Waals surface area contributed by atoms with E-state index in [1.54, 1.807) is 4.90 Å². The van der Waals surface area contributed by atoms with Gasteiger partial charge < -0.3 is 20.4 Å². The van der Waals surface area contributed by atoms with Crippen LogP contribution in [0, 0.1) is 11.8 Å². The van der Waals surface area contributed by atoms with Crippen molar-refractivity contribution in [2.45, 2.75) is 38.1 Å². The van der Waals surface area contributed by atoms with E-state index in [9.17, 15) is 9.59 Å². The van der Waals surface area contributed by atoms with Crippen LogP contribution in [0.15, 0.2) is 0 Å². The average molecular weight is 270 g/mol. The molecule has 2 aliphatic carbocycles. The Bertz CT molecular complexity index is 326. The monoisotopic (exact) mass is 270 g/mol. The van der Waals surface area contributed by atoms with Crippen LogP contribution in [0.4, 0.5) is 4.79 Å². The molecule has 1 unspecified atom stereocenters. The summed E-state index contributed by atoms with van der Waals surface area (Å²) in [5, 5.41) is 20.3. The van der Waals surface area contributed by atoms with E-state index in [2.05, 4.69) is 5.32 Å². The fraction of sp³-hybridized carbons (Fsp3) is 0.846. The zero-order valence-electron chi connectivity index (χ0n) is 11.0. The molecule has 2 fully saturated rings. The lowest BCUT2D eigenvalue weighted by Crippen LogP contribution is -2.49.